The summed E-state index contributed by atoms with van der Waals surface area (Å²) in [5.74, 6) is -0.130. The molecule has 0 radical (unpaired) electrons. The summed E-state index contributed by atoms with van der Waals surface area (Å²) in [7, 11) is -3.30. The Kier molecular flexibility index (Phi) is 6.20. The van der Waals surface area contributed by atoms with Crippen molar-refractivity contribution in [2.45, 2.75) is 11.8 Å². The zero-order valence-corrected chi connectivity index (χ0v) is 20.0. The van der Waals surface area contributed by atoms with Gasteiger partial charge in [-0.25, -0.2) is 13.1 Å². The number of piperazine rings is 1. The maximum atomic E-state index is 13.3. The van der Waals surface area contributed by atoms with Crippen molar-refractivity contribution in [3.63, 3.8) is 0 Å². The van der Waals surface area contributed by atoms with Crippen LogP contribution in [0.15, 0.2) is 53.4 Å². The van der Waals surface area contributed by atoms with Crippen LogP contribution in [0.2, 0.25) is 10.0 Å². The normalized spacial score (nSPS) is 14.6. The Bertz CT molecular complexity index is 1260. The van der Waals surface area contributed by atoms with Crippen molar-refractivity contribution in [2.24, 2.45) is 0 Å². The van der Waals surface area contributed by atoms with Gasteiger partial charge in [-0.1, -0.05) is 29.3 Å². The van der Waals surface area contributed by atoms with Crippen LogP contribution in [0.3, 0.4) is 0 Å². The average Bonchev–Trinajstić information content (AvgIpc) is 3.16. The molecule has 4 rings (SSSR count). The molecular weight excluding hydrogens is 471 g/mol. The standard InChI is InChI=1S/C22H22Cl2N4O3S/c1-15-14-20(28(25-15)16-6-8-17(9-7-16)32(2,30)31)22(29)27-12-10-26(11-13-27)19-5-3-4-18(23)21(19)24/h3-9,14H,10-13H2,1-2H3. The number of carbonyl (C=O) groups excluding carboxylic acids is 1. The number of rotatable bonds is 4. The van der Waals surface area contributed by atoms with E-state index in [0.717, 1.165) is 11.9 Å². The van der Waals surface area contributed by atoms with Crippen LogP contribution >= 0.6 is 23.2 Å². The van der Waals surface area contributed by atoms with Crippen LogP contribution in [-0.4, -0.2) is 61.4 Å². The molecular formula is C22H22Cl2N4O3S. The molecule has 1 fully saturated rings. The van der Waals surface area contributed by atoms with Crippen LogP contribution in [0.25, 0.3) is 5.69 Å². The summed E-state index contributed by atoms with van der Waals surface area (Å²) >= 11 is 12.5. The van der Waals surface area contributed by atoms with E-state index in [1.54, 1.807) is 33.8 Å². The first kappa shape index (κ1) is 22.6. The van der Waals surface area contributed by atoms with E-state index >= 15 is 0 Å². The highest BCUT2D eigenvalue weighted by Crippen LogP contribution is 2.33. The molecule has 0 spiro atoms. The van der Waals surface area contributed by atoms with Crippen LogP contribution < -0.4 is 4.90 Å². The number of halogens is 2. The van der Waals surface area contributed by atoms with E-state index in [-0.39, 0.29) is 10.8 Å². The topological polar surface area (TPSA) is 75.5 Å². The highest BCUT2D eigenvalue weighted by Gasteiger charge is 2.26. The Balaban J connectivity index is 1.53. The van der Waals surface area contributed by atoms with Gasteiger partial charge in [-0.3, -0.25) is 4.79 Å². The average molecular weight is 493 g/mol. The van der Waals surface area contributed by atoms with Crippen LogP contribution in [0.5, 0.6) is 0 Å². The van der Waals surface area contributed by atoms with Crippen LogP contribution in [-0.2, 0) is 9.84 Å². The minimum Gasteiger partial charge on any atom is -0.367 e. The zero-order chi connectivity index (χ0) is 23.0. The maximum Gasteiger partial charge on any atom is 0.272 e. The fraction of sp³-hybridized carbons (Fsp3) is 0.273. The quantitative estimate of drug-likeness (QED) is 0.552. The molecule has 1 aromatic heterocycles. The Hall–Kier alpha value is -2.55. The van der Waals surface area contributed by atoms with Gasteiger partial charge in [0.1, 0.15) is 5.69 Å². The second kappa shape index (κ2) is 8.77. The minimum absolute atomic E-state index is 0.130. The van der Waals surface area contributed by atoms with Gasteiger partial charge in [0.25, 0.3) is 5.91 Å². The largest absolute Gasteiger partial charge is 0.367 e. The number of hydrogen-bond acceptors (Lipinski definition) is 5. The van der Waals surface area contributed by atoms with Crippen molar-refractivity contribution < 1.29 is 13.2 Å². The number of anilines is 1. The summed E-state index contributed by atoms with van der Waals surface area (Å²) in [6, 6.07) is 13.6. The fourth-order valence-corrected chi connectivity index (χ4v) is 4.78. The van der Waals surface area contributed by atoms with Crippen molar-refractivity contribution in [3.8, 4) is 5.69 Å². The third kappa shape index (κ3) is 4.48. The third-order valence-corrected chi connectivity index (χ3v) is 7.34. The Morgan fingerprint density at radius 1 is 1.00 bits per heavy atom. The maximum absolute atomic E-state index is 13.3. The summed E-state index contributed by atoms with van der Waals surface area (Å²) in [5.41, 5.74) is 2.62. The van der Waals surface area contributed by atoms with E-state index < -0.39 is 9.84 Å². The molecule has 1 saturated heterocycles. The van der Waals surface area contributed by atoms with Gasteiger partial charge in [0.15, 0.2) is 9.84 Å². The van der Waals surface area contributed by atoms with E-state index in [9.17, 15) is 13.2 Å². The number of hydrogen-bond donors (Lipinski definition) is 0. The van der Waals surface area contributed by atoms with Gasteiger partial charge in [0.05, 0.1) is 32.0 Å². The summed E-state index contributed by atoms with van der Waals surface area (Å²) in [6.45, 7) is 4.12. The summed E-state index contributed by atoms with van der Waals surface area (Å²) in [4.78, 5) is 17.4. The van der Waals surface area contributed by atoms with E-state index in [0.29, 0.717) is 53.3 Å². The van der Waals surface area contributed by atoms with E-state index in [1.807, 2.05) is 19.1 Å². The molecule has 0 aliphatic carbocycles. The van der Waals surface area contributed by atoms with E-state index in [1.165, 1.54) is 12.1 Å². The molecule has 2 aromatic carbocycles. The molecule has 0 N–H and O–H groups in total. The van der Waals surface area contributed by atoms with Crippen LogP contribution in [0.1, 0.15) is 16.2 Å². The predicted octanol–water partition coefficient (Wildman–Crippen LogP) is 3.85. The highest BCUT2D eigenvalue weighted by molar-refractivity contribution is 7.90. The molecule has 3 aromatic rings. The van der Waals surface area contributed by atoms with Gasteiger partial charge < -0.3 is 9.80 Å². The molecule has 0 atom stereocenters. The lowest BCUT2D eigenvalue weighted by atomic mass is 10.2. The minimum atomic E-state index is -3.30. The summed E-state index contributed by atoms with van der Waals surface area (Å²) < 4.78 is 25.0. The second-order valence-corrected chi connectivity index (χ2v) is 10.5. The fourth-order valence-electron chi connectivity index (χ4n) is 3.73. The molecule has 0 bridgehead atoms. The van der Waals surface area contributed by atoms with E-state index in [4.69, 9.17) is 23.2 Å². The van der Waals surface area contributed by atoms with Crippen molar-refractivity contribution in [2.75, 3.05) is 37.3 Å². The first-order valence-electron chi connectivity index (χ1n) is 10.0. The number of sulfone groups is 1. The summed E-state index contributed by atoms with van der Waals surface area (Å²) in [6.07, 6.45) is 1.16. The van der Waals surface area contributed by atoms with Crippen LogP contribution in [0.4, 0.5) is 5.69 Å². The number of carbonyl (C=O) groups is 1. The summed E-state index contributed by atoms with van der Waals surface area (Å²) in [5, 5.41) is 5.47. The van der Waals surface area contributed by atoms with Gasteiger partial charge in [0, 0.05) is 32.4 Å². The molecule has 168 valence electrons. The molecule has 10 heteroatoms. The molecule has 1 amide bonds. The molecule has 0 saturated carbocycles. The number of aromatic nitrogens is 2. The smallest absolute Gasteiger partial charge is 0.272 e. The van der Waals surface area contributed by atoms with Gasteiger partial charge in [-0.2, -0.15) is 5.10 Å². The van der Waals surface area contributed by atoms with E-state index in [2.05, 4.69) is 10.00 Å². The molecule has 7 nitrogen and oxygen atoms in total. The van der Waals surface area contributed by atoms with Gasteiger partial charge >= 0.3 is 0 Å². The number of amides is 1. The Morgan fingerprint density at radius 2 is 1.66 bits per heavy atom. The first-order chi connectivity index (χ1) is 15.1. The second-order valence-electron chi connectivity index (χ2n) is 7.70. The number of benzene rings is 2. The monoisotopic (exact) mass is 492 g/mol. The lowest BCUT2D eigenvalue weighted by Crippen LogP contribution is -2.49. The molecule has 0 unspecified atom stereocenters. The predicted molar refractivity (Wildman–Crippen MR) is 126 cm³/mol. The molecule has 2 heterocycles. The Morgan fingerprint density at radius 3 is 2.28 bits per heavy atom. The molecule has 32 heavy (non-hydrogen) atoms. The Labute approximate surface area is 197 Å². The highest BCUT2D eigenvalue weighted by atomic mass is 35.5. The number of aryl methyl sites for hydroxylation is 1. The van der Waals surface area contributed by atoms with Gasteiger partial charge in [-0.05, 0) is 49.4 Å². The first-order valence-corrected chi connectivity index (χ1v) is 12.7. The van der Waals surface area contributed by atoms with Crippen molar-refractivity contribution in [3.05, 3.63) is 70.0 Å². The van der Waals surface area contributed by atoms with Crippen molar-refractivity contribution in [1.82, 2.24) is 14.7 Å². The third-order valence-electron chi connectivity index (χ3n) is 5.40. The zero-order valence-electron chi connectivity index (χ0n) is 17.6. The number of nitrogens with zero attached hydrogens (tertiary/aromatic N) is 4. The lowest BCUT2D eigenvalue weighted by Gasteiger charge is -2.36. The van der Waals surface area contributed by atoms with Crippen molar-refractivity contribution >= 4 is 44.6 Å². The van der Waals surface area contributed by atoms with Gasteiger partial charge in [-0.15, -0.1) is 0 Å². The van der Waals surface area contributed by atoms with Gasteiger partial charge in [0.2, 0.25) is 0 Å². The van der Waals surface area contributed by atoms with Crippen LogP contribution in [0, 0.1) is 6.92 Å². The SMILES string of the molecule is Cc1cc(C(=O)N2CCN(c3cccc(Cl)c3Cl)CC2)n(-c2ccc(S(C)(=O)=O)cc2)n1. The van der Waals surface area contributed by atoms with Crippen molar-refractivity contribution in [1.29, 1.82) is 0 Å². The lowest BCUT2D eigenvalue weighted by molar-refractivity contribution is 0.0737. The molecule has 1 aliphatic heterocycles. The molecule has 1 aliphatic rings.